The molecule has 0 fully saturated rings. The Morgan fingerprint density at radius 1 is 1.42 bits per heavy atom. The molecule has 1 aromatic heterocycles. The maximum atomic E-state index is 10.2. The molecule has 0 spiro atoms. The number of rotatable bonds is 2. The van der Waals surface area contributed by atoms with Gasteiger partial charge in [-0.15, -0.1) is 0 Å². The van der Waals surface area contributed by atoms with E-state index in [0.717, 1.165) is 5.69 Å². The highest BCUT2D eigenvalue weighted by Gasteiger charge is 2.34. The maximum Gasteiger partial charge on any atom is 0.271 e. The number of fused-ring (bicyclic) bond motifs is 1. The third-order valence-corrected chi connectivity index (χ3v) is 4.93. The first-order chi connectivity index (χ1) is 9.13. The predicted molar refractivity (Wildman–Crippen MR) is 78.3 cm³/mol. The molecule has 0 saturated carbocycles. The molecule has 2 heterocycles. The summed E-state index contributed by atoms with van der Waals surface area (Å²) in [4.78, 5) is 3.59. The Balaban J connectivity index is 2.05. The largest absolute Gasteiger partial charge is 0.492 e. The maximum absolute atomic E-state index is 10.2. The van der Waals surface area contributed by atoms with E-state index in [2.05, 4.69) is 17.0 Å². The summed E-state index contributed by atoms with van der Waals surface area (Å²) in [6.07, 6.45) is 0. The van der Waals surface area contributed by atoms with Crippen molar-refractivity contribution < 1.29 is 9.52 Å². The van der Waals surface area contributed by atoms with E-state index >= 15 is 0 Å². The van der Waals surface area contributed by atoms with Crippen molar-refractivity contribution in [3.63, 3.8) is 0 Å². The van der Waals surface area contributed by atoms with Gasteiger partial charge in [0.1, 0.15) is 5.37 Å². The van der Waals surface area contributed by atoms with Crippen molar-refractivity contribution in [1.29, 1.82) is 0 Å². The Morgan fingerprint density at radius 3 is 2.79 bits per heavy atom. The van der Waals surface area contributed by atoms with Gasteiger partial charge in [0, 0.05) is 18.5 Å². The van der Waals surface area contributed by atoms with Crippen LogP contribution < -0.4 is 4.90 Å². The first kappa shape index (κ1) is 12.6. The molecule has 0 bridgehead atoms. The number of para-hydroxylation sites is 1. The van der Waals surface area contributed by atoms with Gasteiger partial charge in [0.05, 0.1) is 5.69 Å². The highest BCUT2D eigenvalue weighted by atomic mass is 32.2. The lowest BCUT2D eigenvalue weighted by atomic mass is 10.3. The van der Waals surface area contributed by atoms with E-state index in [-0.39, 0.29) is 11.3 Å². The van der Waals surface area contributed by atoms with Crippen molar-refractivity contribution in [3.05, 3.63) is 34.9 Å². The van der Waals surface area contributed by atoms with Crippen LogP contribution >= 0.6 is 24.0 Å². The van der Waals surface area contributed by atoms with Crippen LogP contribution in [-0.4, -0.2) is 16.7 Å². The summed E-state index contributed by atoms with van der Waals surface area (Å²) in [7, 11) is 1.99. The van der Waals surface area contributed by atoms with Crippen molar-refractivity contribution in [2.24, 2.45) is 0 Å². The second kappa shape index (κ2) is 4.61. The summed E-state index contributed by atoms with van der Waals surface area (Å²) < 4.78 is 7.19. The van der Waals surface area contributed by atoms with Crippen molar-refractivity contribution in [1.82, 2.24) is 4.57 Å². The third-order valence-electron chi connectivity index (χ3n) is 3.27. The topological polar surface area (TPSA) is 41.5 Å². The molecule has 3 rings (SSSR count). The van der Waals surface area contributed by atoms with E-state index in [1.807, 2.05) is 26.1 Å². The number of oxazole rings is 1. The van der Waals surface area contributed by atoms with Crippen LogP contribution in [-0.2, 0) is 6.54 Å². The Bertz CT molecular complexity index is 678. The van der Waals surface area contributed by atoms with Crippen LogP contribution in [0.3, 0.4) is 0 Å². The zero-order valence-corrected chi connectivity index (χ0v) is 12.3. The fourth-order valence-electron chi connectivity index (χ4n) is 2.26. The fraction of sp³-hybridized carbons (Fsp3) is 0.308. The van der Waals surface area contributed by atoms with E-state index in [4.69, 9.17) is 16.6 Å². The summed E-state index contributed by atoms with van der Waals surface area (Å²) >= 11 is 6.79. The fourth-order valence-corrected chi connectivity index (χ4v) is 3.83. The lowest BCUT2D eigenvalue weighted by molar-refractivity contribution is 0.408. The Hall–Kier alpha value is -1.40. The van der Waals surface area contributed by atoms with Crippen LogP contribution in [0.1, 0.15) is 18.1 Å². The van der Waals surface area contributed by atoms with Crippen LogP contribution in [0.15, 0.2) is 33.6 Å². The van der Waals surface area contributed by atoms with Crippen LogP contribution in [0.2, 0.25) is 0 Å². The van der Waals surface area contributed by atoms with Crippen LogP contribution in [0.5, 0.6) is 5.88 Å². The lowest BCUT2D eigenvalue weighted by Gasteiger charge is -2.19. The molecule has 1 unspecified atom stereocenters. The predicted octanol–water partition coefficient (Wildman–Crippen LogP) is 3.78. The number of hydrogen-bond acceptors (Lipinski definition) is 5. The second-order valence-corrected chi connectivity index (χ2v) is 5.82. The van der Waals surface area contributed by atoms with E-state index in [1.54, 1.807) is 16.3 Å². The van der Waals surface area contributed by atoms with Gasteiger partial charge in [0.25, 0.3) is 4.84 Å². The van der Waals surface area contributed by atoms with E-state index < -0.39 is 0 Å². The van der Waals surface area contributed by atoms with Crippen molar-refractivity contribution in [2.75, 3.05) is 11.9 Å². The average molecular weight is 294 g/mol. The molecule has 100 valence electrons. The smallest absolute Gasteiger partial charge is 0.271 e. The van der Waals surface area contributed by atoms with Crippen LogP contribution in [0.4, 0.5) is 5.69 Å². The van der Waals surface area contributed by atoms with Gasteiger partial charge in [-0.05, 0) is 31.3 Å². The quantitative estimate of drug-likeness (QED) is 0.854. The molecular weight excluding hydrogens is 280 g/mol. The number of aromatic nitrogens is 1. The molecule has 4 nitrogen and oxygen atoms in total. The Labute approximate surface area is 120 Å². The molecule has 1 atom stereocenters. The minimum absolute atomic E-state index is 0.0769. The number of thioether (sulfide) groups is 1. The molecule has 0 saturated heterocycles. The summed E-state index contributed by atoms with van der Waals surface area (Å²) in [5.74, 6) is 0.653. The highest BCUT2D eigenvalue weighted by Crippen LogP contribution is 2.52. The number of benzene rings is 1. The van der Waals surface area contributed by atoms with Crippen molar-refractivity contribution in [3.8, 4) is 5.88 Å². The SMILES string of the molecule is CCn1c(O)c(C2Sc3ccccc3N2C)oc1=S. The zero-order chi connectivity index (χ0) is 13.6. The Kier molecular flexibility index (Phi) is 3.06. The summed E-state index contributed by atoms with van der Waals surface area (Å²) in [5, 5.41) is 10.2. The van der Waals surface area contributed by atoms with Gasteiger partial charge in [-0.3, -0.25) is 4.57 Å². The summed E-state index contributed by atoms with van der Waals surface area (Å²) in [6.45, 7) is 2.53. The minimum Gasteiger partial charge on any atom is -0.492 e. The van der Waals surface area contributed by atoms with Gasteiger partial charge in [-0.2, -0.15) is 0 Å². The summed E-state index contributed by atoms with van der Waals surface area (Å²) in [5.41, 5.74) is 1.14. The minimum atomic E-state index is -0.0769. The van der Waals surface area contributed by atoms with E-state index in [9.17, 15) is 5.11 Å². The zero-order valence-electron chi connectivity index (χ0n) is 10.7. The van der Waals surface area contributed by atoms with Crippen molar-refractivity contribution in [2.45, 2.75) is 23.7 Å². The van der Waals surface area contributed by atoms with Gasteiger partial charge in [0.15, 0.2) is 5.76 Å². The molecule has 0 amide bonds. The van der Waals surface area contributed by atoms with Gasteiger partial charge < -0.3 is 14.4 Å². The molecule has 1 aliphatic rings. The van der Waals surface area contributed by atoms with Crippen molar-refractivity contribution >= 4 is 29.7 Å². The summed E-state index contributed by atoms with van der Waals surface area (Å²) in [6, 6.07) is 8.14. The van der Waals surface area contributed by atoms with Gasteiger partial charge >= 0.3 is 0 Å². The molecule has 2 aromatic rings. The second-order valence-electron chi connectivity index (χ2n) is 4.35. The molecular formula is C13H14N2O2S2. The first-order valence-electron chi connectivity index (χ1n) is 6.04. The average Bonchev–Trinajstić information content (AvgIpc) is 2.88. The Morgan fingerprint density at radius 2 is 2.16 bits per heavy atom. The lowest BCUT2D eigenvalue weighted by Crippen LogP contribution is -2.16. The van der Waals surface area contributed by atoms with E-state index in [0.29, 0.717) is 17.1 Å². The first-order valence-corrected chi connectivity index (χ1v) is 7.33. The number of anilines is 1. The van der Waals surface area contributed by atoms with Crippen LogP contribution in [0.25, 0.3) is 0 Å². The number of hydrogen-bond donors (Lipinski definition) is 1. The molecule has 0 aliphatic carbocycles. The molecule has 6 heteroatoms. The molecule has 19 heavy (non-hydrogen) atoms. The molecule has 1 aliphatic heterocycles. The standard InChI is InChI=1S/C13H14N2O2S2/c1-3-15-11(16)10(17-13(15)18)12-14(2)8-6-4-5-7-9(8)19-12/h4-7,12,16H,3H2,1-2H3. The molecule has 1 N–H and O–H groups in total. The monoisotopic (exact) mass is 294 g/mol. The highest BCUT2D eigenvalue weighted by molar-refractivity contribution is 8.00. The number of nitrogens with zero attached hydrogens (tertiary/aromatic N) is 2. The van der Waals surface area contributed by atoms with Crippen LogP contribution in [0, 0.1) is 4.84 Å². The third kappa shape index (κ3) is 1.86. The van der Waals surface area contributed by atoms with E-state index in [1.165, 1.54) is 4.90 Å². The number of aromatic hydroxyl groups is 1. The molecule has 1 aromatic carbocycles. The van der Waals surface area contributed by atoms with Gasteiger partial charge in [-0.1, -0.05) is 23.9 Å². The van der Waals surface area contributed by atoms with Gasteiger partial charge in [-0.25, -0.2) is 0 Å². The normalized spacial score (nSPS) is 17.8. The van der Waals surface area contributed by atoms with Gasteiger partial charge in [0.2, 0.25) is 5.88 Å². The molecule has 0 radical (unpaired) electrons.